The Hall–Kier alpha value is -2.99. The lowest BCUT2D eigenvalue weighted by Gasteiger charge is -2.38. The van der Waals surface area contributed by atoms with Crippen LogP contribution in [-0.4, -0.2) is 55.6 Å². The van der Waals surface area contributed by atoms with Crippen molar-refractivity contribution in [3.05, 3.63) is 65.2 Å². The molecule has 0 bridgehead atoms. The molecule has 2 atom stereocenters. The standard InChI is InChI=1S/C26H33N3O3/c1-17-6-8-23-18(2)12-21(28-11-10-27-19(3)15-28)16-29(23)26(30)14-22(17)20-7-9-24(31-4)25(13-20)32-5/h7-9,12-14,16-17,19,27H,6,10-11,15H2,1-5H3. The van der Waals surface area contributed by atoms with E-state index in [1.165, 1.54) is 0 Å². The minimum Gasteiger partial charge on any atom is -0.493 e. The third-order valence-corrected chi connectivity index (χ3v) is 6.45. The van der Waals surface area contributed by atoms with Gasteiger partial charge in [-0.25, -0.2) is 0 Å². The minimum absolute atomic E-state index is 0.0271. The van der Waals surface area contributed by atoms with Gasteiger partial charge in [0, 0.05) is 43.6 Å². The van der Waals surface area contributed by atoms with Crippen molar-refractivity contribution >= 4 is 11.5 Å². The van der Waals surface area contributed by atoms with E-state index in [0.29, 0.717) is 17.5 Å². The van der Waals surface area contributed by atoms with Gasteiger partial charge in [-0.3, -0.25) is 9.69 Å². The molecule has 0 spiro atoms. The van der Waals surface area contributed by atoms with Gasteiger partial charge in [-0.05, 0) is 61.1 Å². The first-order valence-electron chi connectivity index (χ1n) is 11.3. The van der Waals surface area contributed by atoms with Crippen molar-refractivity contribution in [1.29, 1.82) is 0 Å². The summed E-state index contributed by atoms with van der Waals surface area (Å²) in [6.45, 7) is 9.26. The molecule has 3 aliphatic rings. The summed E-state index contributed by atoms with van der Waals surface area (Å²) in [4.78, 5) is 17.7. The van der Waals surface area contributed by atoms with Crippen LogP contribution in [0, 0.1) is 5.92 Å². The van der Waals surface area contributed by atoms with Crippen LogP contribution in [-0.2, 0) is 4.79 Å². The lowest BCUT2D eigenvalue weighted by Crippen LogP contribution is -2.49. The first kappa shape index (κ1) is 22.2. The fourth-order valence-corrected chi connectivity index (χ4v) is 4.65. The molecule has 1 fully saturated rings. The molecular weight excluding hydrogens is 402 g/mol. The van der Waals surface area contributed by atoms with Crippen LogP contribution in [0.15, 0.2) is 59.6 Å². The van der Waals surface area contributed by atoms with E-state index in [0.717, 1.165) is 54.2 Å². The van der Waals surface area contributed by atoms with Crippen molar-refractivity contribution in [3.63, 3.8) is 0 Å². The van der Waals surface area contributed by atoms with E-state index in [9.17, 15) is 4.79 Å². The van der Waals surface area contributed by atoms with Gasteiger partial charge in [0.25, 0.3) is 5.91 Å². The number of carbonyl (C=O) groups excluding carboxylic acids is 1. The van der Waals surface area contributed by atoms with E-state index in [1.807, 2.05) is 29.3 Å². The van der Waals surface area contributed by atoms with Gasteiger partial charge in [-0.2, -0.15) is 0 Å². The number of nitrogens with zero attached hydrogens (tertiary/aromatic N) is 2. The number of nitrogens with one attached hydrogen (secondary N) is 1. The summed E-state index contributed by atoms with van der Waals surface area (Å²) in [5.74, 6) is 1.51. The summed E-state index contributed by atoms with van der Waals surface area (Å²) in [6.07, 6.45) is 9.02. The van der Waals surface area contributed by atoms with E-state index in [-0.39, 0.29) is 11.8 Å². The van der Waals surface area contributed by atoms with Crippen LogP contribution in [0.1, 0.15) is 32.8 Å². The summed E-state index contributed by atoms with van der Waals surface area (Å²) in [5, 5.41) is 3.48. The third kappa shape index (κ3) is 4.32. The molecule has 1 N–H and O–H groups in total. The molecule has 3 heterocycles. The van der Waals surface area contributed by atoms with Crippen molar-refractivity contribution in [3.8, 4) is 11.5 Å². The molecule has 6 nitrogen and oxygen atoms in total. The van der Waals surface area contributed by atoms with Crippen LogP contribution in [0.3, 0.4) is 0 Å². The zero-order valence-electron chi connectivity index (χ0n) is 19.6. The number of hydrogen-bond donors (Lipinski definition) is 1. The summed E-state index contributed by atoms with van der Waals surface area (Å²) < 4.78 is 10.9. The lowest BCUT2D eigenvalue weighted by molar-refractivity contribution is -0.122. The second-order valence-corrected chi connectivity index (χ2v) is 8.79. The zero-order valence-corrected chi connectivity index (χ0v) is 19.6. The van der Waals surface area contributed by atoms with Crippen molar-refractivity contribution in [2.24, 2.45) is 5.92 Å². The number of allylic oxidation sites excluding steroid dienone is 4. The van der Waals surface area contributed by atoms with Crippen molar-refractivity contribution in [2.75, 3.05) is 33.9 Å². The van der Waals surface area contributed by atoms with Crippen molar-refractivity contribution in [2.45, 2.75) is 33.2 Å². The Morgan fingerprint density at radius 1 is 1.09 bits per heavy atom. The van der Waals surface area contributed by atoms with Gasteiger partial charge in [-0.1, -0.05) is 19.1 Å². The molecule has 1 saturated heterocycles. The second-order valence-electron chi connectivity index (χ2n) is 8.79. The number of rotatable bonds is 4. The number of hydrogen-bond acceptors (Lipinski definition) is 5. The maximum absolute atomic E-state index is 13.5. The Labute approximate surface area is 190 Å². The van der Waals surface area contributed by atoms with Gasteiger partial charge in [0.1, 0.15) is 0 Å². The molecule has 1 aromatic rings. The maximum atomic E-state index is 13.5. The number of benzene rings is 1. The number of ether oxygens (including phenoxy) is 2. The van der Waals surface area contributed by atoms with Gasteiger partial charge < -0.3 is 19.7 Å². The molecule has 0 saturated carbocycles. The van der Waals surface area contributed by atoms with E-state index >= 15 is 0 Å². The Balaban J connectivity index is 1.69. The number of piperazine rings is 1. The lowest BCUT2D eigenvalue weighted by atomic mass is 9.88. The first-order chi connectivity index (χ1) is 15.4. The van der Waals surface area contributed by atoms with E-state index in [1.54, 1.807) is 20.3 Å². The molecule has 0 radical (unpaired) electrons. The van der Waals surface area contributed by atoms with Gasteiger partial charge in [0.15, 0.2) is 11.5 Å². The molecule has 0 aromatic heterocycles. The Morgan fingerprint density at radius 2 is 1.88 bits per heavy atom. The summed E-state index contributed by atoms with van der Waals surface area (Å²) >= 11 is 0. The molecule has 1 amide bonds. The highest BCUT2D eigenvalue weighted by Gasteiger charge is 2.27. The first-order valence-corrected chi connectivity index (χ1v) is 11.3. The van der Waals surface area contributed by atoms with Crippen molar-refractivity contribution < 1.29 is 14.3 Å². The molecule has 1 aromatic carbocycles. The van der Waals surface area contributed by atoms with Gasteiger partial charge in [0.05, 0.1) is 19.9 Å². The maximum Gasteiger partial charge on any atom is 0.255 e. The smallest absolute Gasteiger partial charge is 0.255 e. The summed E-state index contributed by atoms with van der Waals surface area (Å²) in [5.41, 5.74) is 5.18. The Kier molecular flexibility index (Phi) is 6.42. The predicted molar refractivity (Wildman–Crippen MR) is 127 cm³/mol. The molecular formula is C26H33N3O3. The Morgan fingerprint density at radius 3 is 2.59 bits per heavy atom. The molecule has 170 valence electrons. The highest BCUT2D eigenvalue weighted by Crippen LogP contribution is 2.37. The number of methoxy groups -OCH3 is 2. The summed E-state index contributed by atoms with van der Waals surface area (Å²) in [6, 6.07) is 6.26. The topological polar surface area (TPSA) is 54.0 Å². The summed E-state index contributed by atoms with van der Waals surface area (Å²) in [7, 11) is 3.25. The number of carbonyl (C=O) groups is 1. The molecule has 32 heavy (non-hydrogen) atoms. The average molecular weight is 436 g/mol. The highest BCUT2D eigenvalue weighted by atomic mass is 16.5. The normalized spacial score (nSPS) is 23.8. The monoisotopic (exact) mass is 435 g/mol. The molecule has 4 rings (SSSR count). The van der Waals surface area contributed by atoms with Crippen LogP contribution >= 0.6 is 0 Å². The van der Waals surface area contributed by atoms with E-state index in [2.05, 4.69) is 43.1 Å². The SMILES string of the molecule is COc1ccc(C2=CC(=O)N3C=C(N4CCNC(C)C4)C=C(C)C3=CCC2C)cc1OC. The van der Waals surface area contributed by atoms with Crippen molar-refractivity contribution in [1.82, 2.24) is 15.1 Å². The third-order valence-electron chi connectivity index (χ3n) is 6.45. The molecule has 6 heteroatoms. The van der Waals surface area contributed by atoms with Crippen LogP contribution in [0.4, 0.5) is 0 Å². The number of amides is 1. The fraction of sp³-hybridized carbons (Fsp3) is 0.423. The van der Waals surface area contributed by atoms with E-state index in [4.69, 9.17) is 9.47 Å². The minimum atomic E-state index is -0.0271. The molecule has 2 unspecified atom stereocenters. The predicted octanol–water partition coefficient (Wildman–Crippen LogP) is 3.93. The van der Waals surface area contributed by atoms with Crippen LogP contribution in [0.2, 0.25) is 0 Å². The van der Waals surface area contributed by atoms with Gasteiger partial charge in [0.2, 0.25) is 0 Å². The van der Waals surface area contributed by atoms with Gasteiger partial charge in [-0.15, -0.1) is 0 Å². The average Bonchev–Trinajstić information content (AvgIpc) is 2.79. The second kappa shape index (κ2) is 9.25. The number of fused-ring (bicyclic) bond motifs is 1. The van der Waals surface area contributed by atoms with Crippen LogP contribution in [0.5, 0.6) is 11.5 Å². The van der Waals surface area contributed by atoms with Crippen LogP contribution < -0.4 is 14.8 Å². The fourth-order valence-electron chi connectivity index (χ4n) is 4.65. The largest absolute Gasteiger partial charge is 0.493 e. The molecule has 0 aliphatic carbocycles. The zero-order chi connectivity index (χ0) is 22.8. The Bertz CT molecular complexity index is 1020. The van der Waals surface area contributed by atoms with Gasteiger partial charge >= 0.3 is 0 Å². The van der Waals surface area contributed by atoms with Crippen LogP contribution in [0.25, 0.3) is 5.57 Å². The van der Waals surface area contributed by atoms with E-state index < -0.39 is 0 Å². The highest BCUT2D eigenvalue weighted by molar-refractivity contribution is 5.98. The molecule has 3 aliphatic heterocycles. The quantitative estimate of drug-likeness (QED) is 0.777.